The van der Waals surface area contributed by atoms with Crippen LogP contribution in [0.5, 0.6) is 0 Å². The maximum atomic E-state index is 11.3. The van der Waals surface area contributed by atoms with Gasteiger partial charge in [0.2, 0.25) is 0 Å². The summed E-state index contributed by atoms with van der Waals surface area (Å²) in [6, 6.07) is 0. The number of ether oxygens (including phenoxy) is 4. The SMILES string of the molecule is CC(=O)OC[C@H](OC(C)=O)[C@]1(C)CC[C@H]([C@](C)(O)COC(C)=O)O1. The minimum Gasteiger partial charge on any atom is -0.463 e. The van der Waals surface area contributed by atoms with Crippen molar-refractivity contribution in [3.8, 4) is 0 Å². The molecule has 4 atom stereocenters. The Bertz CT molecular complexity index is 486. The molecule has 1 N–H and O–H groups in total. The molecule has 0 unspecified atom stereocenters. The molecule has 1 heterocycles. The zero-order chi connectivity index (χ0) is 18.5. The van der Waals surface area contributed by atoms with E-state index in [2.05, 4.69) is 0 Å². The number of rotatable bonds is 7. The van der Waals surface area contributed by atoms with Gasteiger partial charge in [0.05, 0.1) is 6.10 Å². The van der Waals surface area contributed by atoms with Crippen molar-refractivity contribution in [1.29, 1.82) is 0 Å². The van der Waals surface area contributed by atoms with Crippen molar-refractivity contribution in [3.05, 3.63) is 0 Å². The fourth-order valence-corrected chi connectivity index (χ4v) is 2.60. The van der Waals surface area contributed by atoms with Gasteiger partial charge < -0.3 is 24.1 Å². The Labute approximate surface area is 141 Å². The number of carbonyl (C=O) groups is 3. The minimum absolute atomic E-state index is 0.135. The number of hydrogen-bond acceptors (Lipinski definition) is 8. The van der Waals surface area contributed by atoms with Gasteiger partial charge in [-0.1, -0.05) is 0 Å². The molecule has 1 saturated heterocycles. The zero-order valence-corrected chi connectivity index (χ0v) is 14.8. The molecule has 24 heavy (non-hydrogen) atoms. The van der Waals surface area contributed by atoms with Crippen LogP contribution in [0.1, 0.15) is 47.5 Å². The van der Waals surface area contributed by atoms with Gasteiger partial charge in [-0.2, -0.15) is 0 Å². The molecule has 0 bridgehead atoms. The van der Waals surface area contributed by atoms with Gasteiger partial charge in [-0.05, 0) is 26.7 Å². The summed E-state index contributed by atoms with van der Waals surface area (Å²) in [5.74, 6) is -1.51. The molecule has 1 fully saturated rings. The third kappa shape index (κ3) is 5.76. The van der Waals surface area contributed by atoms with Gasteiger partial charge in [-0.25, -0.2) is 0 Å². The molecule has 0 radical (unpaired) electrons. The van der Waals surface area contributed by atoms with Gasteiger partial charge in [-0.15, -0.1) is 0 Å². The highest BCUT2D eigenvalue weighted by Crippen LogP contribution is 2.39. The standard InChI is InChI=1S/C16H26O8/c1-10(17)21-8-14(23-12(3)19)16(5)7-6-13(24-16)15(4,20)9-22-11(2)18/h13-14,20H,6-9H2,1-5H3/t13-,14+,15-,16+/m1/s1. The zero-order valence-electron chi connectivity index (χ0n) is 14.8. The summed E-state index contributed by atoms with van der Waals surface area (Å²) in [5, 5.41) is 10.5. The lowest BCUT2D eigenvalue weighted by atomic mass is 9.93. The highest BCUT2D eigenvalue weighted by Gasteiger charge is 2.50. The topological polar surface area (TPSA) is 108 Å². The quantitative estimate of drug-likeness (QED) is 0.531. The van der Waals surface area contributed by atoms with Crippen molar-refractivity contribution in [3.63, 3.8) is 0 Å². The second-order valence-corrected chi connectivity index (χ2v) is 6.50. The van der Waals surface area contributed by atoms with Crippen LogP contribution in [0.3, 0.4) is 0 Å². The summed E-state index contributed by atoms with van der Waals surface area (Å²) < 4.78 is 21.0. The molecule has 0 saturated carbocycles. The van der Waals surface area contributed by atoms with Crippen LogP contribution in [-0.4, -0.2) is 59.6 Å². The lowest BCUT2D eigenvalue weighted by Crippen LogP contribution is -2.49. The largest absolute Gasteiger partial charge is 0.463 e. The van der Waals surface area contributed by atoms with E-state index in [0.717, 1.165) is 0 Å². The van der Waals surface area contributed by atoms with Crippen molar-refractivity contribution in [1.82, 2.24) is 0 Å². The monoisotopic (exact) mass is 346 g/mol. The van der Waals surface area contributed by atoms with E-state index in [1.807, 2.05) is 0 Å². The molecule has 1 aliphatic rings. The van der Waals surface area contributed by atoms with Crippen LogP contribution in [-0.2, 0) is 33.3 Å². The van der Waals surface area contributed by atoms with E-state index >= 15 is 0 Å². The molecule has 1 rings (SSSR count). The molecule has 8 nitrogen and oxygen atoms in total. The summed E-state index contributed by atoms with van der Waals surface area (Å²) in [7, 11) is 0. The third-order valence-electron chi connectivity index (χ3n) is 4.00. The molecular weight excluding hydrogens is 320 g/mol. The van der Waals surface area contributed by atoms with Crippen molar-refractivity contribution >= 4 is 17.9 Å². The molecule has 0 aliphatic carbocycles. The molecule has 0 spiro atoms. The van der Waals surface area contributed by atoms with E-state index in [4.69, 9.17) is 18.9 Å². The summed E-state index contributed by atoms with van der Waals surface area (Å²) in [6.45, 7) is 6.68. The molecule has 0 amide bonds. The fourth-order valence-electron chi connectivity index (χ4n) is 2.60. The van der Waals surface area contributed by atoms with Crippen LogP contribution in [0.15, 0.2) is 0 Å². The summed E-state index contributed by atoms with van der Waals surface area (Å²) in [6.07, 6.45) is -0.457. The van der Waals surface area contributed by atoms with Gasteiger partial charge in [0.1, 0.15) is 24.4 Å². The minimum atomic E-state index is -1.38. The summed E-state index contributed by atoms with van der Waals surface area (Å²) in [5.41, 5.74) is -2.31. The molecule has 138 valence electrons. The van der Waals surface area contributed by atoms with Crippen LogP contribution in [0.2, 0.25) is 0 Å². The van der Waals surface area contributed by atoms with Crippen molar-refractivity contribution in [2.45, 2.75) is 70.9 Å². The Balaban J connectivity index is 2.80. The maximum absolute atomic E-state index is 11.3. The predicted molar refractivity (Wildman–Crippen MR) is 82.0 cm³/mol. The average molecular weight is 346 g/mol. The first-order valence-electron chi connectivity index (χ1n) is 7.80. The predicted octanol–water partition coefficient (Wildman–Crippen LogP) is 0.733. The van der Waals surface area contributed by atoms with E-state index in [1.54, 1.807) is 6.92 Å². The smallest absolute Gasteiger partial charge is 0.303 e. The molecule has 0 aromatic heterocycles. The van der Waals surface area contributed by atoms with E-state index < -0.39 is 41.3 Å². The summed E-state index contributed by atoms with van der Waals surface area (Å²) in [4.78, 5) is 33.3. The van der Waals surface area contributed by atoms with Gasteiger partial charge in [0.15, 0.2) is 6.10 Å². The molecule has 1 aliphatic heterocycles. The van der Waals surface area contributed by atoms with Crippen LogP contribution in [0, 0.1) is 0 Å². The Morgan fingerprint density at radius 1 is 1.21 bits per heavy atom. The highest BCUT2D eigenvalue weighted by atomic mass is 16.6. The first-order chi connectivity index (χ1) is 11.0. The van der Waals surface area contributed by atoms with Crippen LogP contribution < -0.4 is 0 Å². The number of esters is 3. The molecule has 0 aromatic rings. The lowest BCUT2D eigenvalue weighted by Gasteiger charge is -2.35. The van der Waals surface area contributed by atoms with E-state index in [9.17, 15) is 19.5 Å². The lowest BCUT2D eigenvalue weighted by molar-refractivity contribution is -0.198. The van der Waals surface area contributed by atoms with E-state index in [-0.39, 0.29) is 13.2 Å². The molecular formula is C16H26O8. The average Bonchev–Trinajstić information content (AvgIpc) is 2.85. The van der Waals surface area contributed by atoms with Crippen molar-refractivity contribution < 1.29 is 38.4 Å². The Hall–Kier alpha value is -1.67. The van der Waals surface area contributed by atoms with E-state index in [0.29, 0.717) is 12.8 Å². The molecule has 0 aromatic carbocycles. The third-order valence-corrected chi connectivity index (χ3v) is 4.00. The second kappa shape index (κ2) is 7.94. The Morgan fingerprint density at radius 3 is 2.29 bits per heavy atom. The Morgan fingerprint density at radius 2 is 1.79 bits per heavy atom. The van der Waals surface area contributed by atoms with E-state index in [1.165, 1.54) is 27.7 Å². The molecule has 8 heteroatoms. The second-order valence-electron chi connectivity index (χ2n) is 6.50. The van der Waals surface area contributed by atoms with Gasteiger partial charge in [0, 0.05) is 20.8 Å². The van der Waals surface area contributed by atoms with Crippen molar-refractivity contribution in [2.75, 3.05) is 13.2 Å². The summed E-state index contributed by atoms with van der Waals surface area (Å²) >= 11 is 0. The van der Waals surface area contributed by atoms with Gasteiger partial charge in [-0.3, -0.25) is 14.4 Å². The fraction of sp³-hybridized carbons (Fsp3) is 0.812. The van der Waals surface area contributed by atoms with Gasteiger partial charge in [0.25, 0.3) is 0 Å². The van der Waals surface area contributed by atoms with Crippen molar-refractivity contribution in [2.24, 2.45) is 0 Å². The van der Waals surface area contributed by atoms with Crippen LogP contribution in [0.4, 0.5) is 0 Å². The van der Waals surface area contributed by atoms with Crippen LogP contribution in [0.25, 0.3) is 0 Å². The first-order valence-corrected chi connectivity index (χ1v) is 7.80. The number of carbonyl (C=O) groups excluding carboxylic acids is 3. The Kier molecular flexibility index (Phi) is 6.74. The van der Waals surface area contributed by atoms with Gasteiger partial charge >= 0.3 is 17.9 Å². The normalized spacial score (nSPS) is 27.0. The number of hydrogen-bond donors (Lipinski definition) is 1. The maximum Gasteiger partial charge on any atom is 0.303 e. The first kappa shape index (κ1) is 20.4. The van der Waals surface area contributed by atoms with Crippen LogP contribution >= 0.6 is 0 Å². The highest BCUT2D eigenvalue weighted by molar-refractivity contribution is 5.67. The number of aliphatic hydroxyl groups is 1.